The van der Waals surface area contributed by atoms with Crippen LogP contribution in [0.1, 0.15) is 13.8 Å². The van der Waals surface area contributed by atoms with Gasteiger partial charge in [-0.2, -0.15) is 0 Å². The summed E-state index contributed by atoms with van der Waals surface area (Å²) in [5.74, 6) is 0. The maximum atomic E-state index is 5.62. The van der Waals surface area contributed by atoms with E-state index >= 15 is 0 Å². The number of hydrogen-bond acceptors (Lipinski definition) is 2. The molecule has 1 N–H and O–H groups in total. The Hall–Kier alpha value is -0.340. The number of hydrogen-bond donors (Lipinski definition) is 2. The molecular weight excluding hydrogens is 178 g/mol. The van der Waals surface area contributed by atoms with Gasteiger partial charge in [0.25, 0.3) is 0 Å². The molecule has 0 fully saturated rings. The summed E-state index contributed by atoms with van der Waals surface area (Å²) in [5, 5.41) is 0.738. The van der Waals surface area contributed by atoms with E-state index in [1.54, 1.807) is 12.1 Å². The highest BCUT2D eigenvalue weighted by Gasteiger charge is 1.85. The Bertz CT molecular complexity index is 186. The van der Waals surface area contributed by atoms with Crippen molar-refractivity contribution in [2.75, 3.05) is 4.72 Å². The fraction of sp³-hybridized carbons (Fsp3) is 0.250. The summed E-state index contributed by atoms with van der Waals surface area (Å²) in [7, 11) is 0. The van der Waals surface area contributed by atoms with Crippen LogP contribution in [-0.4, -0.2) is 0 Å². The Morgan fingerprint density at radius 3 is 2.00 bits per heavy atom. The highest BCUT2D eigenvalue weighted by molar-refractivity contribution is 7.81. The van der Waals surface area contributed by atoms with Gasteiger partial charge in [0.05, 0.1) is 0 Å². The van der Waals surface area contributed by atoms with Crippen LogP contribution >= 0.6 is 24.4 Å². The number of anilines is 1. The molecule has 0 aromatic heterocycles. The number of rotatable bonds is 1. The zero-order valence-electron chi connectivity index (χ0n) is 6.63. The Morgan fingerprint density at radius 2 is 1.64 bits per heavy atom. The van der Waals surface area contributed by atoms with Gasteiger partial charge in [-0.3, -0.25) is 0 Å². The van der Waals surface area contributed by atoms with Gasteiger partial charge in [0, 0.05) is 10.7 Å². The topological polar surface area (TPSA) is 12.0 Å². The van der Waals surface area contributed by atoms with Gasteiger partial charge < -0.3 is 4.72 Å². The molecule has 0 amide bonds. The summed E-state index contributed by atoms with van der Waals surface area (Å²) in [4.78, 5) is 0. The first-order chi connectivity index (χ1) is 5.33. The minimum Gasteiger partial charge on any atom is -0.332 e. The average molecular weight is 190 g/mol. The van der Waals surface area contributed by atoms with Crippen molar-refractivity contribution in [3.8, 4) is 0 Å². The zero-order chi connectivity index (χ0) is 8.69. The molecule has 0 atom stereocenters. The molecule has 0 spiro atoms. The van der Waals surface area contributed by atoms with E-state index in [4.69, 9.17) is 11.6 Å². The lowest BCUT2D eigenvalue weighted by Crippen LogP contribution is -1.76. The molecule has 0 unspecified atom stereocenters. The third-order valence-electron chi connectivity index (χ3n) is 0.973. The van der Waals surface area contributed by atoms with Crippen LogP contribution < -0.4 is 4.72 Å². The van der Waals surface area contributed by atoms with Gasteiger partial charge in [0.15, 0.2) is 0 Å². The minimum atomic E-state index is 0.738. The van der Waals surface area contributed by atoms with E-state index in [9.17, 15) is 0 Å². The molecule has 0 aliphatic rings. The van der Waals surface area contributed by atoms with E-state index < -0.39 is 0 Å². The standard InChI is InChI=1S/C6H6ClNS.C2H6/c7-5-1-3-6(8-9)4-2-5;1-2/h1-4,8-9H;1-2H3. The molecule has 0 saturated carbocycles. The molecule has 0 radical (unpaired) electrons. The predicted octanol–water partition coefficient (Wildman–Crippen LogP) is 3.62. The van der Waals surface area contributed by atoms with Crippen LogP contribution in [0.25, 0.3) is 0 Å². The van der Waals surface area contributed by atoms with Gasteiger partial charge in [-0.1, -0.05) is 38.3 Å². The molecular formula is C8H12ClNS. The molecule has 0 saturated heterocycles. The van der Waals surface area contributed by atoms with Crippen molar-refractivity contribution in [1.29, 1.82) is 0 Å². The number of benzene rings is 1. The molecule has 1 rings (SSSR count). The van der Waals surface area contributed by atoms with Crippen LogP contribution in [0.2, 0.25) is 5.02 Å². The lowest BCUT2D eigenvalue weighted by atomic mass is 10.3. The maximum Gasteiger partial charge on any atom is 0.0438 e. The minimum absolute atomic E-state index is 0.738. The van der Waals surface area contributed by atoms with Crippen molar-refractivity contribution in [3.63, 3.8) is 0 Å². The zero-order valence-corrected chi connectivity index (χ0v) is 8.28. The van der Waals surface area contributed by atoms with E-state index in [0.29, 0.717) is 0 Å². The molecule has 1 nitrogen and oxygen atoms in total. The highest BCUT2D eigenvalue weighted by atomic mass is 35.5. The van der Waals surface area contributed by atoms with Crippen LogP contribution in [0.15, 0.2) is 24.3 Å². The monoisotopic (exact) mass is 189 g/mol. The van der Waals surface area contributed by atoms with Gasteiger partial charge in [-0.25, -0.2) is 0 Å². The Morgan fingerprint density at radius 1 is 1.18 bits per heavy atom. The molecule has 62 valence electrons. The van der Waals surface area contributed by atoms with Crippen LogP contribution in [0.3, 0.4) is 0 Å². The molecule has 0 aliphatic heterocycles. The van der Waals surface area contributed by atoms with Gasteiger partial charge >= 0.3 is 0 Å². The molecule has 0 bridgehead atoms. The van der Waals surface area contributed by atoms with Crippen molar-refractivity contribution >= 4 is 30.1 Å². The van der Waals surface area contributed by atoms with Gasteiger partial charge in [-0.05, 0) is 24.3 Å². The second kappa shape index (κ2) is 6.38. The molecule has 11 heavy (non-hydrogen) atoms. The van der Waals surface area contributed by atoms with E-state index in [1.165, 1.54) is 0 Å². The van der Waals surface area contributed by atoms with Crippen molar-refractivity contribution in [2.24, 2.45) is 0 Å². The Kier molecular flexibility index (Phi) is 6.18. The molecule has 1 aromatic carbocycles. The normalized spacial score (nSPS) is 8.00. The van der Waals surface area contributed by atoms with Crippen molar-refractivity contribution in [1.82, 2.24) is 0 Å². The average Bonchev–Trinajstić information content (AvgIpc) is 2.10. The fourth-order valence-electron chi connectivity index (χ4n) is 0.524. The fourth-order valence-corrected chi connectivity index (χ4v) is 0.799. The van der Waals surface area contributed by atoms with E-state index in [0.717, 1.165) is 10.7 Å². The summed E-state index contributed by atoms with van der Waals surface area (Å²) in [5.41, 5.74) is 0.947. The molecule has 0 aliphatic carbocycles. The number of thiol groups is 1. The quantitative estimate of drug-likeness (QED) is 0.644. The number of nitrogens with one attached hydrogen (secondary N) is 1. The number of halogens is 1. The first kappa shape index (κ1) is 10.7. The van der Waals surface area contributed by atoms with E-state index in [-0.39, 0.29) is 0 Å². The summed E-state index contributed by atoms with van der Waals surface area (Å²) in [6, 6.07) is 7.32. The second-order valence-corrected chi connectivity index (χ2v) is 2.28. The third-order valence-corrected chi connectivity index (χ3v) is 1.48. The summed E-state index contributed by atoms with van der Waals surface area (Å²) in [6.45, 7) is 4.00. The smallest absolute Gasteiger partial charge is 0.0438 e. The van der Waals surface area contributed by atoms with E-state index in [1.807, 2.05) is 26.0 Å². The molecule has 1 aromatic rings. The largest absolute Gasteiger partial charge is 0.332 e. The Balaban J connectivity index is 0.000000461. The third kappa shape index (κ3) is 4.17. The Labute approximate surface area is 78.3 Å². The lowest BCUT2D eigenvalue weighted by molar-refractivity contribution is 1.50. The predicted molar refractivity (Wildman–Crippen MR) is 55.4 cm³/mol. The second-order valence-electron chi connectivity index (χ2n) is 1.62. The summed E-state index contributed by atoms with van der Waals surface area (Å²) in [6.07, 6.45) is 0. The summed E-state index contributed by atoms with van der Waals surface area (Å²) < 4.78 is 2.69. The first-order valence-corrected chi connectivity index (χ1v) is 4.31. The van der Waals surface area contributed by atoms with Crippen LogP contribution in [-0.2, 0) is 0 Å². The van der Waals surface area contributed by atoms with Gasteiger partial charge in [-0.15, -0.1) is 0 Å². The van der Waals surface area contributed by atoms with Crippen molar-refractivity contribution in [2.45, 2.75) is 13.8 Å². The van der Waals surface area contributed by atoms with Gasteiger partial charge in [0.1, 0.15) is 0 Å². The highest BCUT2D eigenvalue weighted by Crippen LogP contribution is 2.13. The molecule has 3 heteroatoms. The van der Waals surface area contributed by atoms with Gasteiger partial charge in [0.2, 0.25) is 0 Å². The van der Waals surface area contributed by atoms with Crippen molar-refractivity contribution < 1.29 is 0 Å². The van der Waals surface area contributed by atoms with Crippen LogP contribution in [0, 0.1) is 0 Å². The maximum absolute atomic E-state index is 5.62. The van der Waals surface area contributed by atoms with Crippen LogP contribution in [0.4, 0.5) is 5.69 Å². The molecule has 0 heterocycles. The SMILES string of the molecule is CC.SNc1ccc(Cl)cc1. The van der Waals surface area contributed by atoms with E-state index in [2.05, 4.69) is 17.5 Å². The first-order valence-electron chi connectivity index (χ1n) is 3.48. The van der Waals surface area contributed by atoms with Crippen molar-refractivity contribution in [3.05, 3.63) is 29.3 Å². The van der Waals surface area contributed by atoms with Crippen LogP contribution in [0.5, 0.6) is 0 Å². The lowest BCUT2D eigenvalue weighted by Gasteiger charge is -1.95. The summed E-state index contributed by atoms with van der Waals surface area (Å²) >= 11 is 9.47.